The maximum atomic E-state index is 5.12. The Kier molecular flexibility index (Phi) is 2.08. The van der Waals surface area contributed by atoms with Crippen LogP contribution in [-0.2, 0) is 0 Å². The van der Waals surface area contributed by atoms with Crippen molar-refractivity contribution in [2.24, 2.45) is 0 Å². The Bertz CT molecular complexity index is 408. The number of benzene rings is 1. The molecule has 1 aromatic heterocycles. The normalized spacial score (nSPS) is 10.5. The molecule has 0 aliphatic carbocycles. The monoisotopic (exact) mass is 277 g/mol. The second-order valence-corrected chi connectivity index (χ2v) is 6.09. The van der Waals surface area contributed by atoms with Gasteiger partial charge in [0.1, 0.15) is 0 Å². The first-order chi connectivity index (χ1) is 5.79. The first-order valence-electron chi connectivity index (χ1n) is 3.71. The molecular formula is C9H9NOTe. The van der Waals surface area contributed by atoms with Crippen LogP contribution >= 0.6 is 0 Å². The van der Waals surface area contributed by atoms with Crippen LogP contribution in [0.3, 0.4) is 0 Å². The molecule has 0 aliphatic rings. The molecule has 0 N–H and O–H groups in total. The van der Waals surface area contributed by atoms with Gasteiger partial charge >= 0.3 is 80.8 Å². The van der Waals surface area contributed by atoms with Crippen LogP contribution in [0, 0.1) is 6.92 Å². The summed E-state index contributed by atoms with van der Waals surface area (Å²) in [5.41, 5.74) is 1.12. The van der Waals surface area contributed by atoms with Crippen molar-refractivity contribution in [1.29, 1.82) is 0 Å². The number of fused-ring (bicyclic) bond motifs is 1. The summed E-state index contributed by atoms with van der Waals surface area (Å²) in [7, 11) is 1.68. The predicted molar refractivity (Wildman–Crippen MR) is 50.0 cm³/mol. The number of aromatic nitrogens is 1. The average Bonchev–Trinajstić information content (AvgIpc) is 2.43. The van der Waals surface area contributed by atoms with E-state index in [2.05, 4.69) is 18.0 Å². The van der Waals surface area contributed by atoms with Crippen LogP contribution in [0.15, 0.2) is 18.2 Å². The first kappa shape index (κ1) is 8.09. The Balaban J connectivity index is 2.66. The molecule has 1 aromatic carbocycles. The molecular weight excluding hydrogens is 266 g/mol. The van der Waals surface area contributed by atoms with E-state index in [1.54, 1.807) is 7.11 Å². The number of rotatable bonds is 1. The minimum absolute atomic E-state index is 0.137. The van der Waals surface area contributed by atoms with Gasteiger partial charge in [0.25, 0.3) is 0 Å². The van der Waals surface area contributed by atoms with Crippen LogP contribution in [0.1, 0.15) is 3.71 Å². The molecule has 0 amide bonds. The second-order valence-electron chi connectivity index (χ2n) is 2.57. The van der Waals surface area contributed by atoms with Crippen molar-refractivity contribution in [3.05, 3.63) is 21.9 Å². The Morgan fingerprint density at radius 3 is 3.00 bits per heavy atom. The number of nitrogens with zero attached hydrogens (tertiary/aromatic N) is 1. The summed E-state index contributed by atoms with van der Waals surface area (Å²) in [6.45, 7) is 2.11. The second kappa shape index (κ2) is 3.08. The van der Waals surface area contributed by atoms with Gasteiger partial charge in [-0.3, -0.25) is 0 Å². The topological polar surface area (TPSA) is 22.1 Å². The third-order valence-electron chi connectivity index (χ3n) is 1.70. The van der Waals surface area contributed by atoms with Gasteiger partial charge in [-0.1, -0.05) is 0 Å². The molecule has 3 heteroatoms. The fourth-order valence-corrected chi connectivity index (χ4v) is 3.45. The van der Waals surface area contributed by atoms with Crippen molar-refractivity contribution >= 4 is 29.3 Å². The van der Waals surface area contributed by atoms with E-state index in [4.69, 9.17) is 4.74 Å². The SMILES string of the molecule is COc1ccc2[te]c(C)nc2c1. The van der Waals surface area contributed by atoms with Gasteiger partial charge in [-0.15, -0.1) is 0 Å². The fourth-order valence-electron chi connectivity index (χ4n) is 1.15. The molecule has 62 valence electrons. The molecule has 1 heterocycles. The summed E-state index contributed by atoms with van der Waals surface area (Å²) in [6.07, 6.45) is 0. The number of ether oxygens (including phenoxy) is 1. The zero-order chi connectivity index (χ0) is 8.55. The van der Waals surface area contributed by atoms with Crippen molar-refractivity contribution in [3.8, 4) is 5.75 Å². The number of hydrogen-bond acceptors (Lipinski definition) is 2. The van der Waals surface area contributed by atoms with Crippen LogP contribution in [0.2, 0.25) is 0 Å². The molecule has 0 atom stereocenters. The van der Waals surface area contributed by atoms with E-state index in [1.165, 1.54) is 7.11 Å². The molecule has 0 bridgehead atoms. The van der Waals surface area contributed by atoms with E-state index < -0.39 is 0 Å². The van der Waals surface area contributed by atoms with Crippen molar-refractivity contribution in [2.45, 2.75) is 6.92 Å². The molecule has 0 unspecified atom stereocenters. The number of aryl methyl sites for hydroxylation is 1. The van der Waals surface area contributed by atoms with Crippen molar-refractivity contribution in [2.75, 3.05) is 7.11 Å². The summed E-state index contributed by atoms with van der Waals surface area (Å²) in [5, 5.41) is 0. The Labute approximate surface area is 80.8 Å². The molecule has 12 heavy (non-hydrogen) atoms. The summed E-state index contributed by atoms with van der Waals surface area (Å²) >= 11 is -0.137. The summed E-state index contributed by atoms with van der Waals surface area (Å²) < 4.78 is 7.86. The van der Waals surface area contributed by atoms with E-state index in [-0.39, 0.29) is 20.4 Å². The zero-order valence-corrected chi connectivity index (χ0v) is 9.33. The average molecular weight is 275 g/mol. The van der Waals surface area contributed by atoms with Gasteiger partial charge in [0, 0.05) is 0 Å². The fraction of sp³-hybridized carbons (Fsp3) is 0.222. The number of methoxy groups -OCH3 is 1. The Morgan fingerprint density at radius 1 is 1.42 bits per heavy atom. The third kappa shape index (κ3) is 1.35. The van der Waals surface area contributed by atoms with Crippen LogP contribution in [0.5, 0.6) is 5.75 Å². The summed E-state index contributed by atoms with van der Waals surface area (Å²) in [4.78, 5) is 4.46. The number of hydrogen-bond donors (Lipinski definition) is 0. The maximum absolute atomic E-state index is 5.12. The van der Waals surface area contributed by atoms with E-state index >= 15 is 0 Å². The predicted octanol–water partition coefficient (Wildman–Crippen LogP) is 1.61. The van der Waals surface area contributed by atoms with Gasteiger partial charge in [0.05, 0.1) is 0 Å². The third-order valence-corrected chi connectivity index (χ3v) is 4.42. The molecule has 2 aromatic rings. The summed E-state index contributed by atoms with van der Waals surface area (Å²) in [6, 6.07) is 6.16. The van der Waals surface area contributed by atoms with Crippen LogP contribution in [-0.4, -0.2) is 32.5 Å². The van der Waals surface area contributed by atoms with E-state index in [1.807, 2.05) is 12.1 Å². The van der Waals surface area contributed by atoms with E-state index in [0.717, 1.165) is 11.3 Å². The van der Waals surface area contributed by atoms with Gasteiger partial charge < -0.3 is 0 Å². The van der Waals surface area contributed by atoms with Gasteiger partial charge in [-0.2, -0.15) is 0 Å². The molecule has 2 rings (SSSR count). The molecule has 0 saturated heterocycles. The van der Waals surface area contributed by atoms with Crippen LogP contribution in [0.25, 0.3) is 8.92 Å². The van der Waals surface area contributed by atoms with Crippen LogP contribution < -0.4 is 4.74 Å². The van der Waals surface area contributed by atoms with Gasteiger partial charge in [-0.05, 0) is 0 Å². The van der Waals surface area contributed by atoms with Crippen molar-refractivity contribution in [3.63, 3.8) is 0 Å². The Morgan fingerprint density at radius 2 is 2.25 bits per heavy atom. The van der Waals surface area contributed by atoms with Crippen molar-refractivity contribution < 1.29 is 4.74 Å². The summed E-state index contributed by atoms with van der Waals surface area (Å²) in [5.74, 6) is 0.902. The minimum atomic E-state index is -0.137. The van der Waals surface area contributed by atoms with Crippen molar-refractivity contribution in [1.82, 2.24) is 4.98 Å². The first-order valence-corrected chi connectivity index (χ1v) is 6.04. The quantitative estimate of drug-likeness (QED) is 0.737. The van der Waals surface area contributed by atoms with Crippen LogP contribution in [0.4, 0.5) is 0 Å². The molecule has 0 saturated carbocycles. The van der Waals surface area contributed by atoms with E-state index in [9.17, 15) is 0 Å². The molecule has 0 radical (unpaired) electrons. The molecule has 0 spiro atoms. The van der Waals surface area contributed by atoms with Gasteiger partial charge in [0.15, 0.2) is 0 Å². The standard InChI is InChI=1S/C9H9NOTe/c1-6-10-8-5-7(11-2)3-4-9(8)12-6/h3-5H,1-2H3. The Hall–Kier alpha value is -0.520. The molecule has 0 aliphatic heterocycles. The van der Waals surface area contributed by atoms with Gasteiger partial charge in [-0.25, -0.2) is 0 Å². The van der Waals surface area contributed by atoms with E-state index in [0.29, 0.717) is 0 Å². The zero-order valence-electron chi connectivity index (χ0n) is 7.00. The molecule has 0 fully saturated rings. The van der Waals surface area contributed by atoms with Gasteiger partial charge in [0.2, 0.25) is 0 Å². The molecule has 2 nitrogen and oxygen atoms in total.